The maximum atomic E-state index is 13.2. The fourth-order valence-corrected chi connectivity index (χ4v) is 4.59. The molecule has 0 radical (unpaired) electrons. The van der Waals surface area contributed by atoms with Gasteiger partial charge in [-0.2, -0.15) is 0 Å². The number of carbonyl (C=O) groups excluding carboxylic acids is 1. The number of carbonyl (C=O) groups is 1. The van der Waals surface area contributed by atoms with Gasteiger partial charge in [-0.15, -0.1) is 0 Å². The molecule has 3 rings (SSSR count). The highest BCUT2D eigenvalue weighted by Crippen LogP contribution is 2.52. The summed E-state index contributed by atoms with van der Waals surface area (Å²) in [5.74, 6) is 1.13. The zero-order valence-electron chi connectivity index (χ0n) is 17.7. The third kappa shape index (κ3) is 3.05. The van der Waals surface area contributed by atoms with Crippen LogP contribution in [0.25, 0.3) is 0 Å². The highest BCUT2D eigenvalue weighted by molar-refractivity contribution is 5.94. The first-order valence-corrected chi connectivity index (χ1v) is 9.87. The zero-order chi connectivity index (χ0) is 20.7. The Labute approximate surface area is 168 Å². The van der Waals surface area contributed by atoms with E-state index in [-0.39, 0.29) is 22.8 Å². The predicted molar refractivity (Wildman–Crippen MR) is 112 cm³/mol. The van der Waals surface area contributed by atoms with Gasteiger partial charge in [0.15, 0.2) is 0 Å². The number of nitrogens with zero attached hydrogens (tertiary/aromatic N) is 1. The van der Waals surface area contributed by atoms with Gasteiger partial charge in [0.25, 0.3) is 5.91 Å². The van der Waals surface area contributed by atoms with E-state index in [2.05, 4.69) is 33.8 Å². The summed E-state index contributed by atoms with van der Waals surface area (Å²) >= 11 is 0. The molecule has 0 unspecified atom stereocenters. The van der Waals surface area contributed by atoms with Crippen molar-refractivity contribution >= 4 is 5.91 Å². The number of phenolic OH excluding ortho intramolecular Hbond substituents is 1. The van der Waals surface area contributed by atoms with Crippen LogP contribution in [-0.2, 0) is 5.41 Å². The molecule has 1 fully saturated rings. The molecule has 4 nitrogen and oxygen atoms in total. The lowest BCUT2D eigenvalue weighted by atomic mass is 9.55. The summed E-state index contributed by atoms with van der Waals surface area (Å²) in [6.45, 7) is 11.5. The number of hydrogen-bond acceptors (Lipinski definition) is 3. The van der Waals surface area contributed by atoms with Crippen molar-refractivity contribution in [2.45, 2.75) is 52.5 Å². The number of amides is 1. The summed E-state index contributed by atoms with van der Waals surface area (Å²) in [5.41, 5.74) is 2.46. The van der Waals surface area contributed by atoms with Crippen molar-refractivity contribution in [3.8, 4) is 11.5 Å². The van der Waals surface area contributed by atoms with Crippen LogP contribution in [0.15, 0.2) is 42.5 Å². The number of aromatic hydroxyl groups is 1. The van der Waals surface area contributed by atoms with E-state index >= 15 is 0 Å². The van der Waals surface area contributed by atoms with Crippen LogP contribution in [0.1, 0.15) is 55.6 Å². The first-order valence-electron chi connectivity index (χ1n) is 9.87. The summed E-state index contributed by atoms with van der Waals surface area (Å²) in [6, 6.07) is 13.1. The second-order valence-electron chi connectivity index (χ2n) is 8.66. The number of methoxy groups -OCH3 is 1. The van der Waals surface area contributed by atoms with Gasteiger partial charge in [-0.1, -0.05) is 32.9 Å². The predicted octanol–water partition coefficient (Wildman–Crippen LogP) is 4.93. The zero-order valence-corrected chi connectivity index (χ0v) is 17.7. The number of rotatable bonds is 3. The standard InChI is InChI=1S/C24H31NO3/c1-16-20(8-7-9-21(16)26)24(5)14-15-25(17(2)23(24,3)4)22(27)18-10-12-19(28-6)13-11-18/h7-13,17,26H,14-15H2,1-6H3/t17-,24+/m1/s1. The molecule has 0 aliphatic carbocycles. The summed E-state index contributed by atoms with van der Waals surface area (Å²) in [7, 11) is 1.62. The van der Waals surface area contributed by atoms with Crippen molar-refractivity contribution in [3.63, 3.8) is 0 Å². The van der Waals surface area contributed by atoms with E-state index in [9.17, 15) is 9.90 Å². The summed E-state index contributed by atoms with van der Waals surface area (Å²) in [4.78, 5) is 15.2. The van der Waals surface area contributed by atoms with Gasteiger partial charge in [0.2, 0.25) is 0 Å². The molecule has 0 bridgehead atoms. The van der Waals surface area contributed by atoms with Gasteiger partial charge in [-0.3, -0.25) is 4.79 Å². The molecule has 1 aliphatic heterocycles. The Balaban J connectivity index is 1.93. The van der Waals surface area contributed by atoms with Gasteiger partial charge in [-0.05, 0) is 67.1 Å². The fourth-order valence-electron chi connectivity index (χ4n) is 4.59. The summed E-state index contributed by atoms with van der Waals surface area (Å²) < 4.78 is 5.20. The minimum absolute atomic E-state index is 0.0441. The molecule has 0 saturated carbocycles. The average Bonchev–Trinajstić information content (AvgIpc) is 2.68. The number of phenols is 1. The Bertz CT molecular complexity index is 872. The van der Waals surface area contributed by atoms with Crippen LogP contribution in [0.5, 0.6) is 11.5 Å². The smallest absolute Gasteiger partial charge is 0.254 e. The van der Waals surface area contributed by atoms with Crippen LogP contribution in [0.2, 0.25) is 0 Å². The van der Waals surface area contributed by atoms with E-state index in [0.717, 1.165) is 17.7 Å². The number of likely N-dealkylation sites (tertiary alicyclic amines) is 1. The van der Waals surface area contributed by atoms with E-state index in [1.165, 1.54) is 5.56 Å². The molecule has 150 valence electrons. The van der Waals surface area contributed by atoms with Gasteiger partial charge < -0.3 is 14.7 Å². The van der Waals surface area contributed by atoms with E-state index < -0.39 is 0 Å². The number of benzene rings is 2. The molecule has 1 aliphatic rings. The van der Waals surface area contributed by atoms with E-state index in [4.69, 9.17) is 4.74 Å². The Kier molecular flexibility index (Phi) is 5.18. The van der Waals surface area contributed by atoms with Crippen molar-refractivity contribution in [2.75, 3.05) is 13.7 Å². The molecular formula is C24H31NO3. The number of piperidine rings is 1. The molecule has 28 heavy (non-hydrogen) atoms. The molecule has 2 aromatic rings. The quantitative estimate of drug-likeness (QED) is 0.820. The normalized spacial score (nSPS) is 24.1. The Morgan fingerprint density at radius 3 is 2.39 bits per heavy atom. The van der Waals surface area contributed by atoms with E-state index in [0.29, 0.717) is 17.9 Å². The lowest BCUT2D eigenvalue weighted by molar-refractivity contribution is -0.00999. The maximum Gasteiger partial charge on any atom is 0.254 e. The third-order valence-electron chi connectivity index (χ3n) is 7.28. The second-order valence-corrected chi connectivity index (χ2v) is 8.66. The molecule has 0 spiro atoms. The van der Waals surface area contributed by atoms with Crippen molar-refractivity contribution in [2.24, 2.45) is 5.41 Å². The van der Waals surface area contributed by atoms with Gasteiger partial charge in [0.1, 0.15) is 11.5 Å². The third-order valence-corrected chi connectivity index (χ3v) is 7.28. The van der Waals surface area contributed by atoms with Crippen LogP contribution in [0, 0.1) is 12.3 Å². The minimum atomic E-state index is -0.175. The van der Waals surface area contributed by atoms with Gasteiger partial charge >= 0.3 is 0 Å². The molecule has 1 amide bonds. The van der Waals surface area contributed by atoms with Gasteiger partial charge in [0, 0.05) is 23.6 Å². The number of hydrogen-bond donors (Lipinski definition) is 1. The van der Waals surface area contributed by atoms with Crippen LogP contribution < -0.4 is 4.74 Å². The topological polar surface area (TPSA) is 49.8 Å². The van der Waals surface area contributed by atoms with Gasteiger partial charge in [0.05, 0.1) is 7.11 Å². The average molecular weight is 382 g/mol. The Morgan fingerprint density at radius 1 is 1.14 bits per heavy atom. The van der Waals surface area contributed by atoms with Crippen LogP contribution >= 0.6 is 0 Å². The first kappa shape index (κ1) is 20.2. The largest absolute Gasteiger partial charge is 0.508 e. The summed E-state index contributed by atoms with van der Waals surface area (Å²) in [6.07, 6.45) is 0.844. The molecule has 1 heterocycles. The Hall–Kier alpha value is -2.49. The fraction of sp³-hybridized carbons (Fsp3) is 0.458. The highest BCUT2D eigenvalue weighted by atomic mass is 16.5. The van der Waals surface area contributed by atoms with Crippen molar-refractivity contribution in [1.82, 2.24) is 4.90 Å². The van der Waals surface area contributed by atoms with Gasteiger partial charge in [-0.25, -0.2) is 0 Å². The second kappa shape index (κ2) is 7.16. The van der Waals surface area contributed by atoms with Crippen LogP contribution in [0.3, 0.4) is 0 Å². The van der Waals surface area contributed by atoms with Crippen LogP contribution in [-0.4, -0.2) is 35.6 Å². The first-order chi connectivity index (χ1) is 13.1. The van der Waals surface area contributed by atoms with Crippen molar-refractivity contribution < 1.29 is 14.6 Å². The molecule has 4 heteroatoms. The molecule has 0 aromatic heterocycles. The molecular weight excluding hydrogens is 350 g/mol. The lowest BCUT2D eigenvalue weighted by Gasteiger charge is -2.56. The number of ether oxygens (including phenoxy) is 1. The monoisotopic (exact) mass is 381 g/mol. The van der Waals surface area contributed by atoms with E-state index in [1.807, 2.05) is 42.2 Å². The van der Waals surface area contributed by atoms with Crippen molar-refractivity contribution in [3.05, 3.63) is 59.2 Å². The summed E-state index contributed by atoms with van der Waals surface area (Å²) in [5, 5.41) is 10.2. The SMILES string of the molecule is COc1ccc(C(=O)N2CC[C@@](C)(c3cccc(O)c3C)C(C)(C)[C@H]2C)cc1. The maximum absolute atomic E-state index is 13.2. The molecule has 1 N–H and O–H groups in total. The van der Waals surface area contributed by atoms with Crippen LogP contribution in [0.4, 0.5) is 0 Å². The highest BCUT2D eigenvalue weighted by Gasteiger charge is 2.52. The van der Waals surface area contributed by atoms with E-state index in [1.54, 1.807) is 13.2 Å². The molecule has 2 atom stereocenters. The lowest BCUT2D eigenvalue weighted by Crippen LogP contribution is -2.60. The van der Waals surface area contributed by atoms with Crippen molar-refractivity contribution in [1.29, 1.82) is 0 Å². The molecule has 2 aromatic carbocycles. The molecule has 1 saturated heterocycles. The Morgan fingerprint density at radius 2 is 1.79 bits per heavy atom. The minimum Gasteiger partial charge on any atom is -0.508 e.